The Morgan fingerprint density at radius 2 is 2.23 bits per heavy atom. The minimum absolute atomic E-state index is 0. The summed E-state index contributed by atoms with van der Waals surface area (Å²) in [6.07, 6.45) is 2.85. The number of hydrogen-bond donors (Lipinski definition) is 1. The summed E-state index contributed by atoms with van der Waals surface area (Å²) in [5.74, 6) is -0.916. The third-order valence-electron chi connectivity index (χ3n) is 3.15. The average Bonchev–Trinajstić information content (AvgIpc) is 2.87. The molecule has 0 aliphatic heterocycles. The highest BCUT2D eigenvalue weighted by Crippen LogP contribution is 2.26. The molecule has 0 aliphatic carbocycles. The molecule has 1 heterocycles. The zero-order valence-electron chi connectivity index (χ0n) is 12.0. The molecular formula is C14H16BrClFN3O2. The van der Waals surface area contributed by atoms with Gasteiger partial charge in [-0.25, -0.2) is 14.2 Å². The van der Waals surface area contributed by atoms with Gasteiger partial charge in [0.1, 0.15) is 11.5 Å². The van der Waals surface area contributed by atoms with E-state index in [0.717, 1.165) is 4.47 Å². The molecule has 1 aromatic carbocycles. The van der Waals surface area contributed by atoms with Crippen molar-refractivity contribution >= 4 is 34.3 Å². The molecule has 0 saturated carbocycles. The van der Waals surface area contributed by atoms with Crippen LogP contribution < -0.4 is 5.73 Å². The average molecular weight is 393 g/mol. The largest absolute Gasteiger partial charge is 0.464 e. The highest BCUT2D eigenvalue weighted by atomic mass is 79.9. The number of methoxy groups -OCH3 is 1. The van der Waals surface area contributed by atoms with E-state index >= 15 is 0 Å². The molecule has 0 saturated heterocycles. The van der Waals surface area contributed by atoms with Gasteiger partial charge in [-0.1, -0.05) is 15.9 Å². The molecule has 0 amide bonds. The van der Waals surface area contributed by atoms with Gasteiger partial charge in [0.2, 0.25) is 0 Å². The number of esters is 1. The van der Waals surface area contributed by atoms with Crippen molar-refractivity contribution in [1.29, 1.82) is 0 Å². The highest BCUT2D eigenvalue weighted by Gasteiger charge is 2.27. The van der Waals surface area contributed by atoms with Gasteiger partial charge in [-0.05, 0) is 25.1 Å². The first kappa shape index (κ1) is 18.6. The monoisotopic (exact) mass is 391 g/mol. The number of nitrogens with zero attached hydrogens (tertiary/aromatic N) is 2. The van der Waals surface area contributed by atoms with Crippen molar-refractivity contribution in [3.05, 3.63) is 52.3 Å². The normalized spacial score (nSPS) is 13.1. The third kappa shape index (κ3) is 3.85. The molecule has 2 N–H and O–H groups in total. The van der Waals surface area contributed by atoms with E-state index in [1.165, 1.54) is 25.7 Å². The predicted octanol–water partition coefficient (Wildman–Crippen LogP) is 2.87. The van der Waals surface area contributed by atoms with Crippen molar-refractivity contribution in [2.75, 3.05) is 7.11 Å². The number of nitrogens with two attached hydrogens (primary N) is 1. The SMILES string of the molecule is COC(=O)c1cncn1CC(C)(N)c1cc(Br)ccc1F.Cl. The number of rotatable bonds is 4. The number of ether oxygens (including phenoxy) is 1. The summed E-state index contributed by atoms with van der Waals surface area (Å²) < 4.78 is 21.0. The van der Waals surface area contributed by atoms with Crippen molar-refractivity contribution in [3.63, 3.8) is 0 Å². The van der Waals surface area contributed by atoms with E-state index in [0.29, 0.717) is 5.56 Å². The molecule has 22 heavy (non-hydrogen) atoms. The summed E-state index contributed by atoms with van der Waals surface area (Å²) in [5.41, 5.74) is 5.85. The molecule has 5 nitrogen and oxygen atoms in total. The van der Waals surface area contributed by atoms with Gasteiger partial charge in [-0.2, -0.15) is 0 Å². The maximum Gasteiger partial charge on any atom is 0.356 e. The second-order valence-corrected chi connectivity index (χ2v) is 5.86. The van der Waals surface area contributed by atoms with Crippen LogP contribution in [0, 0.1) is 5.82 Å². The van der Waals surface area contributed by atoms with E-state index in [4.69, 9.17) is 5.73 Å². The zero-order valence-corrected chi connectivity index (χ0v) is 14.4. The highest BCUT2D eigenvalue weighted by molar-refractivity contribution is 9.10. The lowest BCUT2D eigenvalue weighted by molar-refractivity contribution is 0.0587. The van der Waals surface area contributed by atoms with E-state index < -0.39 is 17.3 Å². The maximum absolute atomic E-state index is 14.0. The van der Waals surface area contributed by atoms with E-state index in [1.807, 2.05) is 0 Å². The third-order valence-corrected chi connectivity index (χ3v) is 3.64. The Hall–Kier alpha value is -1.44. The van der Waals surface area contributed by atoms with Crippen molar-refractivity contribution in [2.24, 2.45) is 5.73 Å². The van der Waals surface area contributed by atoms with Gasteiger partial charge in [0.25, 0.3) is 0 Å². The summed E-state index contributed by atoms with van der Waals surface area (Å²) >= 11 is 3.30. The summed E-state index contributed by atoms with van der Waals surface area (Å²) in [5, 5.41) is 0. The van der Waals surface area contributed by atoms with Gasteiger partial charge < -0.3 is 15.0 Å². The molecule has 1 unspecified atom stereocenters. The van der Waals surface area contributed by atoms with E-state index in [1.54, 1.807) is 23.6 Å². The molecule has 2 aromatic rings. The van der Waals surface area contributed by atoms with Crippen LogP contribution in [-0.4, -0.2) is 22.6 Å². The lowest BCUT2D eigenvalue weighted by Crippen LogP contribution is -2.39. The van der Waals surface area contributed by atoms with Crippen LogP contribution in [0.3, 0.4) is 0 Å². The molecule has 1 aromatic heterocycles. The van der Waals surface area contributed by atoms with E-state index in [2.05, 4.69) is 25.7 Å². The first-order valence-electron chi connectivity index (χ1n) is 6.18. The summed E-state index contributed by atoms with van der Waals surface area (Å²) in [4.78, 5) is 15.5. The van der Waals surface area contributed by atoms with Gasteiger partial charge in [0.15, 0.2) is 0 Å². The molecule has 1 atom stereocenters. The summed E-state index contributed by atoms with van der Waals surface area (Å²) in [6.45, 7) is 1.88. The van der Waals surface area contributed by atoms with Crippen LogP contribution >= 0.6 is 28.3 Å². The molecule has 8 heteroatoms. The number of carbonyl (C=O) groups is 1. The van der Waals surface area contributed by atoms with Crippen LogP contribution in [0.1, 0.15) is 23.0 Å². The topological polar surface area (TPSA) is 70.1 Å². The Morgan fingerprint density at radius 1 is 1.55 bits per heavy atom. The number of benzene rings is 1. The fraction of sp³-hybridized carbons (Fsp3) is 0.286. The van der Waals surface area contributed by atoms with Gasteiger partial charge >= 0.3 is 5.97 Å². The van der Waals surface area contributed by atoms with E-state index in [9.17, 15) is 9.18 Å². The Balaban J connectivity index is 0.00000242. The van der Waals surface area contributed by atoms with Crippen LogP contribution in [0.15, 0.2) is 35.2 Å². The van der Waals surface area contributed by atoms with Gasteiger partial charge in [-0.3, -0.25) is 0 Å². The Labute approximate surface area is 142 Å². The second kappa shape index (κ2) is 7.21. The molecular weight excluding hydrogens is 377 g/mol. The second-order valence-electron chi connectivity index (χ2n) is 4.94. The Bertz CT molecular complexity index is 676. The molecule has 2 rings (SSSR count). The Morgan fingerprint density at radius 3 is 2.86 bits per heavy atom. The number of halogens is 3. The zero-order chi connectivity index (χ0) is 15.6. The van der Waals surface area contributed by atoms with Crippen molar-refractivity contribution in [3.8, 4) is 0 Å². The number of hydrogen-bond acceptors (Lipinski definition) is 4. The quantitative estimate of drug-likeness (QED) is 0.812. The maximum atomic E-state index is 14.0. The van der Waals surface area contributed by atoms with E-state index in [-0.39, 0.29) is 24.6 Å². The molecule has 0 radical (unpaired) electrons. The van der Waals surface area contributed by atoms with Gasteiger partial charge in [0, 0.05) is 16.6 Å². The van der Waals surface area contributed by atoms with Crippen molar-refractivity contribution in [2.45, 2.75) is 19.0 Å². The first-order chi connectivity index (χ1) is 9.85. The first-order valence-corrected chi connectivity index (χ1v) is 6.97. The van der Waals surface area contributed by atoms with Crippen LogP contribution in [-0.2, 0) is 16.8 Å². The van der Waals surface area contributed by atoms with Gasteiger partial charge in [0.05, 0.1) is 25.2 Å². The summed E-state index contributed by atoms with van der Waals surface area (Å²) in [7, 11) is 1.29. The van der Waals surface area contributed by atoms with Gasteiger partial charge in [-0.15, -0.1) is 12.4 Å². The minimum Gasteiger partial charge on any atom is -0.464 e. The molecule has 0 spiro atoms. The van der Waals surface area contributed by atoms with Crippen LogP contribution in [0.25, 0.3) is 0 Å². The van der Waals surface area contributed by atoms with Crippen LogP contribution in [0.2, 0.25) is 0 Å². The predicted molar refractivity (Wildman–Crippen MR) is 86.5 cm³/mol. The molecule has 0 bridgehead atoms. The van der Waals surface area contributed by atoms with Crippen LogP contribution in [0.4, 0.5) is 4.39 Å². The molecule has 0 fully saturated rings. The number of imidazole rings is 1. The number of carbonyl (C=O) groups excluding carboxylic acids is 1. The molecule has 0 aliphatic rings. The smallest absolute Gasteiger partial charge is 0.356 e. The molecule has 120 valence electrons. The van der Waals surface area contributed by atoms with Crippen molar-refractivity contribution in [1.82, 2.24) is 9.55 Å². The lowest BCUT2D eigenvalue weighted by atomic mass is 9.92. The Kier molecular flexibility index (Phi) is 6.10. The fourth-order valence-electron chi connectivity index (χ4n) is 2.10. The lowest BCUT2D eigenvalue weighted by Gasteiger charge is -2.27. The minimum atomic E-state index is -1.02. The summed E-state index contributed by atoms with van der Waals surface area (Å²) in [6, 6.07) is 4.58. The van der Waals surface area contributed by atoms with Crippen molar-refractivity contribution < 1.29 is 13.9 Å². The fourth-order valence-corrected chi connectivity index (χ4v) is 2.46. The number of aromatic nitrogens is 2. The standard InChI is InChI=1S/C14H15BrFN3O2.ClH/c1-14(17,10-5-9(15)3-4-11(10)16)7-19-8-18-6-12(19)13(20)21-2;/h3-6,8H,7,17H2,1-2H3;1H. The van der Waals surface area contributed by atoms with Crippen LogP contribution in [0.5, 0.6) is 0 Å².